The first kappa shape index (κ1) is 9.26. The van der Waals surface area contributed by atoms with E-state index >= 15 is 0 Å². The molecule has 5 nitrogen and oxygen atoms in total. The zero-order valence-electron chi connectivity index (χ0n) is 7.68. The molecule has 2 rings (SSSR count). The molecule has 0 radical (unpaired) electrons. The van der Waals surface area contributed by atoms with Crippen LogP contribution in [0.3, 0.4) is 0 Å². The van der Waals surface area contributed by atoms with Gasteiger partial charge in [-0.2, -0.15) is 0 Å². The van der Waals surface area contributed by atoms with E-state index < -0.39 is 11.2 Å². The number of aromatic hydroxyl groups is 1. The summed E-state index contributed by atoms with van der Waals surface area (Å²) in [6.07, 6.45) is 1.36. The summed E-state index contributed by atoms with van der Waals surface area (Å²) >= 11 is 0. The number of phenolic OH excluding ortho intramolecular Hbond substituents is 1. The van der Waals surface area contributed by atoms with Crippen LogP contribution in [-0.4, -0.2) is 14.7 Å². The lowest BCUT2D eigenvalue weighted by Crippen LogP contribution is -2.27. The van der Waals surface area contributed by atoms with Crippen LogP contribution in [0, 0.1) is 0 Å². The highest BCUT2D eigenvalue weighted by atomic mass is 16.3. The lowest BCUT2D eigenvalue weighted by molar-refractivity contribution is 0.475. The standard InChI is InChI=1S/C10H8N2O3/c13-8-3-1-2-7(6-8)12-5-4-9(14)11-10(12)15/h1-6,13H,(H,11,14,15). The van der Waals surface area contributed by atoms with Crippen molar-refractivity contribution in [3.63, 3.8) is 0 Å². The third-order valence-corrected chi connectivity index (χ3v) is 1.93. The summed E-state index contributed by atoms with van der Waals surface area (Å²) < 4.78 is 1.24. The maximum absolute atomic E-state index is 11.4. The third kappa shape index (κ3) is 1.80. The van der Waals surface area contributed by atoms with Gasteiger partial charge in [-0.1, -0.05) is 6.07 Å². The van der Waals surface area contributed by atoms with Crippen LogP contribution in [0.25, 0.3) is 5.69 Å². The molecule has 1 aromatic heterocycles. The Morgan fingerprint density at radius 1 is 1.20 bits per heavy atom. The van der Waals surface area contributed by atoms with Crippen molar-refractivity contribution in [3.8, 4) is 11.4 Å². The fourth-order valence-corrected chi connectivity index (χ4v) is 1.26. The van der Waals surface area contributed by atoms with Gasteiger partial charge in [0.1, 0.15) is 5.75 Å². The first-order chi connectivity index (χ1) is 7.16. The summed E-state index contributed by atoms with van der Waals surface area (Å²) in [5.41, 5.74) is -0.485. The van der Waals surface area contributed by atoms with Crippen LogP contribution in [0.2, 0.25) is 0 Å². The molecule has 2 aromatic rings. The van der Waals surface area contributed by atoms with Crippen molar-refractivity contribution in [1.29, 1.82) is 0 Å². The Morgan fingerprint density at radius 2 is 2.00 bits per heavy atom. The monoisotopic (exact) mass is 204 g/mol. The number of H-pyrrole nitrogens is 1. The number of rotatable bonds is 1. The number of nitrogens with zero attached hydrogens (tertiary/aromatic N) is 1. The molecule has 0 saturated carbocycles. The maximum atomic E-state index is 11.4. The SMILES string of the molecule is O=c1ccn(-c2cccc(O)c2)c(=O)[nH]1. The van der Waals surface area contributed by atoms with Gasteiger partial charge in [-0.25, -0.2) is 4.79 Å². The second-order valence-electron chi connectivity index (χ2n) is 3.00. The van der Waals surface area contributed by atoms with E-state index in [0.717, 1.165) is 0 Å². The van der Waals surface area contributed by atoms with E-state index in [4.69, 9.17) is 0 Å². The fraction of sp³-hybridized carbons (Fsp3) is 0. The summed E-state index contributed by atoms with van der Waals surface area (Å²) in [6, 6.07) is 7.44. The minimum absolute atomic E-state index is 0.0607. The minimum atomic E-state index is -0.534. The van der Waals surface area contributed by atoms with Gasteiger partial charge in [0.25, 0.3) is 5.56 Å². The van der Waals surface area contributed by atoms with E-state index in [1.54, 1.807) is 12.1 Å². The predicted octanol–water partition coefficient (Wildman–Crippen LogP) is 0.231. The maximum Gasteiger partial charge on any atom is 0.332 e. The summed E-state index contributed by atoms with van der Waals surface area (Å²) in [4.78, 5) is 24.3. The van der Waals surface area contributed by atoms with Crippen LogP contribution < -0.4 is 11.2 Å². The molecule has 0 saturated heterocycles. The second-order valence-corrected chi connectivity index (χ2v) is 3.00. The predicted molar refractivity (Wildman–Crippen MR) is 54.3 cm³/mol. The van der Waals surface area contributed by atoms with Crippen molar-refractivity contribution >= 4 is 0 Å². The van der Waals surface area contributed by atoms with Crippen LogP contribution in [0.4, 0.5) is 0 Å². The van der Waals surface area contributed by atoms with Gasteiger partial charge < -0.3 is 5.11 Å². The molecule has 76 valence electrons. The number of hydrogen-bond donors (Lipinski definition) is 2. The topological polar surface area (TPSA) is 75.1 Å². The zero-order valence-corrected chi connectivity index (χ0v) is 7.68. The van der Waals surface area contributed by atoms with E-state index in [1.165, 1.54) is 29.0 Å². The molecule has 0 aliphatic carbocycles. The van der Waals surface area contributed by atoms with Gasteiger partial charge in [0.15, 0.2) is 0 Å². The van der Waals surface area contributed by atoms with Crippen molar-refractivity contribution in [1.82, 2.24) is 9.55 Å². The highest BCUT2D eigenvalue weighted by Gasteiger charge is 1.99. The van der Waals surface area contributed by atoms with Crippen molar-refractivity contribution in [2.75, 3.05) is 0 Å². The number of aromatic amines is 1. The number of nitrogens with one attached hydrogen (secondary N) is 1. The van der Waals surface area contributed by atoms with E-state index in [-0.39, 0.29) is 5.75 Å². The molecular formula is C10H8N2O3. The van der Waals surface area contributed by atoms with E-state index in [9.17, 15) is 14.7 Å². The average Bonchev–Trinajstić information content (AvgIpc) is 2.17. The summed E-state index contributed by atoms with van der Waals surface area (Å²) in [6.45, 7) is 0. The van der Waals surface area contributed by atoms with Crippen LogP contribution in [0.15, 0.2) is 46.1 Å². The van der Waals surface area contributed by atoms with Gasteiger partial charge in [0.05, 0.1) is 5.69 Å². The highest BCUT2D eigenvalue weighted by Crippen LogP contribution is 2.12. The normalized spacial score (nSPS) is 10.1. The van der Waals surface area contributed by atoms with Gasteiger partial charge in [-0.3, -0.25) is 14.3 Å². The van der Waals surface area contributed by atoms with Crippen molar-refractivity contribution in [2.45, 2.75) is 0 Å². The number of phenols is 1. The van der Waals surface area contributed by atoms with Crippen molar-refractivity contribution < 1.29 is 5.11 Å². The minimum Gasteiger partial charge on any atom is -0.508 e. The molecule has 15 heavy (non-hydrogen) atoms. The first-order valence-electron chi connectivity index (χ1n) is 4.28. The van der Waals surface area contributed by atoms with E-state index in [2.05, 4.69) is 4.98 Å². The van der Waals surface area contributed by atoms with Gasteiger partial charge in [0.2, 0.25) is 0 Å². The molecule has 2 N–H and O–H groups in total. The number of benzene rings is 1. The van der Waals surface area contributed by atoms with E-state index in [1.807, 2.05) is 0 Å². The largest absolute Gasteiger partial charge is 0.508 e. The molecule has 0 amide bonds. The van der Waals surface area contributed by atoms with Crippen LogP contribution in [0.1, 0.15) is 0 Å². The summed E-state index contributed by atoms with van der Waals surface area (Å²) in [5.74, 6) is 0.0607. The smallest absolute Gasteiger partial charge is 0.332 e. The van der Waals surface area contributed by atoms with Crippen LogP contribution in [-0.2, 0) is 0 Å². The molecular weight excluding hydrogens is 196 g/mol. The molecule has 1 aromatic carbocycles. The molecule has 0 fully saturated rings. The van der Waals surface area contributed by atoms with E-state index in [0.29, 0.717) is 5.69 Å². The summed E-state index contributed by atoms with van der Waals surface area (Å²) in [7, 11) is 0. The fourth-order valence-electron chi connectivity index (χ4n) is 1.26. The van der Waals surface area contributed by atoms with Gasteiger partial charge >= 0.3 is 5.69 Å². The number of hydrogen-bond acceptors (Lipinski definition) is 3. The Morgan fingerprint density at radius 3 is 2.67 bits per heavy atom. The van der Waals surface area contributed by atoms with Gasteiger partial charge in [0, 0.05) is 18.3 Å². The van der Waals surface area contributed by atoms with Gasteiger partial charge in [-0.15, -0.1) is 0 Å². The van der Waals surface area contributed by atoms with Gasteiger partial charge in [-0.05, 0) is 12.1 Å². The quantitative estimate of drug-likeness (QED) is 0.698. The molecule has 0 unspecified atom stereocenters. The Labute approximate surface area is 84.3 Å². The molecule has 0 spiro atoms. The number of aromatic nitrogens is 2. The lowest BCUT2D eigenvalue weighted by Gasteiger charge is -2.03. The lowest BCUT2D eigenvalue weighted by atomic mass is 10.3. The summed E-state index contributed by atoms with van der Waals surface area (Å²) in [5, 5.41) is 9.23. The highest BCUT2D eigenvalue weighted by molar-refractivity contribution is 5.38. The second kappa shape index (κ2) is 3.45. The van der Waals surface area contributed by atoms with Crippen LogP contribution in [0.5, 0.6) is 5.75 Å². The Kier molecular flexibility index (Phi) is 2.13. The van der Waals surface area contributed by atoms with Crippen molar-refractivity contribution in [3.05, 3.63) is 57.4 Å². The van der Waals surface area contributed by atoms with Crippen molar-refractivity contribution in [2.24, 2.45) is 0 Å². The first-order valence-corrected chi connectivity index (χ1v) is 4.28. The molecule has 0 aliphatic heterocycles. The molecule has 5 heteroatoms. The third-order valence-electron chi connectivity index (χ3n) is 1.93. The molecule has 0 bridgehead atoms. The zero-order chi connectivity index (χ0) is 10.8. The molecule has 1 heterocycles. The Bertz CT molecular complexity index is 598. The Balaban J connectivity index is 2.64. The Hall–Kier alpha value is -2.30. The molecule has 0 aliphatic rings. The average molecular weight is 204 g/mol. The van der Waals surface area contributed by atoms with Crippen LogP contribution >= 0.6 is 0 Å². The molecule has 0 atom stereocenters.